The molecule has 2 heterocycles. The number of amides is 1. The number of hydrogen-bond donors (Lipinski definition) is 1. The SMILES string of the molecule is CC1(C(=O)N2CCc3cccc(N)c32)CCCO1. The molecule has 1 aromatic rings. The third kappa shape index (κ3) is 1.60. The Morgan fingerprint density at radius 1 is 1.50 bits per heavy atom. The maximum atomic E-state index is 12.6. The number of fused-ring (bicyclic) bond motifs is 1. The molecule has 0 spiro atoms. The van der Waals surface area contributed by atoms with Gasteiger partial charge in [-0.05, 0) is 37.8 Å². The van der Waals surface area contributed by atoms with E-state index >= 15 is 0 Å². The molecule has 2 aliphatic rings. The normalized spacial score (nSPS) is 26.4. The van der Waals surface area contributed by atoms with Gasteiger partial charge >= 0.3 is 0 Å². The van der Waals surface area contributed by atoms with Crippen molar-refractivity contribution in [2.24, 2.45) is 0 Å². The van der Waals surface area contributed by atoms with Crippen LogP contribution in [0.1, 0.15) is 25.3 Å². The maximum absolute atomic E-state index is 12.6. The summed E-state index contributed by atoms with van der Waals surface area (Å²) in [7, 11) is 0. The minimum atomic E-state index is -0.663. The number of rotatable bonds is 1. The van der Waals surface area contributed by atoms with Crippen LogP contribution in [0.15, 0.2) is 18.2 Å². The Kier molecular flexibility index (Phi) is 2.55. The summed E-state index contributed by atoms with van der Waals surface area (Å²) < 4.78 is 5.64. The summed E-state index contributed by atoms with van der Waals surface area (Å²) in [6.45, 7) is 3.27. The number of ether oxygens (including phenoxy) is 1. The fourth-order valence-electron chi connectivity index (χ4n) is 2.92. The van der Waals surface area contributed by atoms with Crippen molar-refractivity contribution in [1.29, 1.82) is 0 Å². The highest BCUT2D eigenvalue weighted by atomic mass is 16.5. The van der Waals surface area contributed by atoms with E-state index in [9.17, 15) is 4.79 Å². The van der Waals surface area contributed by atoms with Crippen molar-refractivity contribution >= 4 is 17.3 Å². The monoisotopic (exact) mass is 246 g/mol. The summed E-state index contributed by atoms with van der Waals surface area (Å²) in [6, 6.07) is 5.83. The Morgan fingerprint density at radius 2 is 2.33 bits per heavy atom. The molecule has 3 rings (SSSR count). The lowest BCUT2D eigenvalue weighted by atomic mass is 10.0. The highest BCUT2D eigenvalue weighted by molar-refractivity contribution is 6.03. The highest BCUT2D eigenvalue weighted by Gasteiger charge is 2.43. The molecular formula is C14H18N2O2. The van der Waals surface area contributed by atoms with Gasteiger partial charge in [0.25, 0.3) is 5.91 Å². The van der Waals surface area contributed by atoms with E-state index in [4.69, 9.17) is 10.5 Å². The highest BCUT2D eigenvalue weighted by Crippen LogP contribution is 2.37. The van der Waals surface area contributed by atoms with Crippen molar-refractivity contribution in [1.82, 2.24) is 0 Å². The molecule has 1 amide bonds. The van der Waals surface area contributed by atoms with E-state index in [0.29, 0.717) is 18.8 Å². The summed E-state index contributed by atoms with van der Waals surface area (Å²) in [5.41, 5.74) is 8.07. The fourth-order valence-corrected chi connectivity index (χ4v) is 2.92. The summed E-state index contributed by atoms with van der Waals surface area (Å²) in [6.07, 6.45) is 2.62. The molecular weight excluding hydrogens is 228 g/mol. The van der Waals surface area contributed by atoms with Crippen LogP contribution in [0.3, 0.4) is 0 Å². The second-order valence-corrected chi connectivity index (χ2v) is 5.24. The minimum Gasteiger partial charge on any atom is -0.397 e. The number of para-hydroxylation sites is 1. The van der Waals surface area contributed by atoms with Crippen LogP contribution < -0.4 is 10.6 Å². The first-order valence-corrected chi connectivity index (χ1v) is 6.45. The van der Waals surface area contributed by atoms with Crippen LogP contribution in [0.4, 0.5) is 11.4 Å². The number of nitrogens with two attached hydrogens (primary N) is 1. The van der Waals surface area contributed by atoms with E-state index in [2.05, 4.69) is 0 Å². The van der Waals surface area contributed by atoms with Crippen molar-refractivity contribution < 1.29 is 9.53 Å². The van der Waals surface area contributed by atoms with Gasteiger partial charge in [-0.2, -0.15) is 0 Å². The Morgan fingerprint density at radius 3 is 3.06 bits per heavy atom. The molecule has 0 saturated carbocycles. The lowest BCUT2D eigenvalue weighted by Crippen LogP contribution is -2.46. The molecule has 0 aromatic heterocycles. The third-order valence-corrected chi connectivity index (χ3v) is 3.94. The standard InChI is InChI=1S/C14H18N2O2/c1-14(7-3-9-18-14)13(17)16-8-6-10-4-2-5-11(15)12(10)16/h2,4-5H,3,6-9,15H2,1H3. The lowest BCUT2D eigenvalue weighted by molar-refractivity contribution is -0.136. The number of hydrogen-bond acceptors (Lipinski definition) is 3. The Labute approximate surface area is 107 Å². The lowest BCUT2D eigenvalue weighted by Gasteiger charge is -2.29. The van der Waals surface area contributed by atoms with Crippen molar-refractivity contribution in [3.8, 4) is 0 Å². The molecule has 4 nitrogen and oxygen atoms in total. The van der Waals surface area contributed by atoms with Crippen LogP contribution in [0.25, 0.3) is 0 Å². The van der Waals surface area contributed by atoms with Gasteiger partial charge in [0.1, 0.15) is 5.60 Å². The molecule has 1 fully saturated rings. The van der Waals surface area contributed by atoms with Crippen LogP contribution in [-0.4, -0.2) is 24.7 Å². The van der Waals surface area contributed by atoms with Gasteiger partial charge in [0.05, 0.1) is 11.4 Å². The minimum absolute atomic E-state index is 0.0525. The molecule has 2 aliphatic heterocycles. The van der Waals surface area contributed by atoms with E-state index in [1.807, 2.05) is 25.1 Å². The molecule has 1 unspecified atom stereocenters. The van der Waals surface area contributed by atoms with Crippen molar-refractivity contribution in [2.75, 3.05) is 23.8 Å². The van der Waals surface area contributed by atoms with Gasteiger partial charge in [-0.1, -0.05) is 12.1 Å². The topological polar surface area (TPSA) is 55.6 Å². The van der Waals surface area contributed by atoms with E-state index in [-0.39, 0.29) is 5.91 Å². The van der Waals surface area contributed by atoms with Gasteiger partial charge in [0, 0.05) is 13.2 Å². The van der Waals surface area contributed by atoms with Crippen LogP contribution in [-0.2, 0) is 16.0 Å². The number of nitrogen functional groups attached to an aromatic ring is 1. The molecule has 2 N–H and O–H groups in total. The summed E-state index contributed by atoms with van der Waals surface area (Å²) in [5, 5.41) is 0. The Bertz CT molecular complexity index is 493. The summed E-state index contributed by atoms with van der Waals surface area (Å²) in [5.74, 6) is 0.0525. The van der Waals surface area contributed by atoms with Gasteiger partial charge in [0.2, 0.25) is 0 Å². The van der Waals surface area contributed by atoms with Crippen molar-refractivity contribution in [3.63, 3.8) is 0 Å². The van der Waals surface area contributed by atoms with Crippen LogP contribution in [0.2, 0.25) is 0 Å². The molecule has 1 aromatic carbocycles. The second kappa shape index (κ2) is 3.99. The predicted molar refractivity (Wildman–Crippen MR) is 70.5 cm³/mol. The van der Waals surface area contributed by atoms with Crippen LogP contribution >= 0.6 is 0 Å². The smallest absolute Gasteiger partial charge is 0.259 e. The molecule has 0 bridgehead atoms. The van der Waals surface area contributed by atoms with E-state index in [1.165, 1.54) is 0 Å². The number of carbonyl (C=O) groups excluding carboxylic acids is 1. The molecule has 0 aliphatic carbocycles. The number of nitrogens with zero attached hydrogens (tertiary/aromatic N) is 1. The first-order valence-electron chi connectivity index (χ1n) is 6.45. The van der Waals surface area contributed by atoms with Gasteiger partial charge < -0.3 is 15.4 Å². The first-order chi connectivity index (χ1) is 8.62. The van der Waals surface area contributed by atoms with E-state index in [0.717, 1.165) is 30.5 Å². The zero-order valence-corrected chi connectivity index (χ0v) is 10.6. The number of benzene rings is 1. The quantitative estimate of drug-likeness (QED) is 0.768. The van der Waals surface area contributed by atoms with Gasteiger partial charge in [-0.3, -0.25) is 4.79 Å². The molecule has 0 radical (unpaired) electrons. The maximum Gasteiger partial charge on any atom is 0.259 e. The Hall–Kier alpha value is -1.55. The van der Waals surface area contributed by atoms with Crippen LogP contribution in [0.5, 0.6) is 0 Å². The third-order valence-electron chi connectivity index (χ3n) is 3.94. The van der Waals surface area contributed by atoms with E-state index in [1.54, 1.807) is 4.90 Å². The van der Waals surface area contributed by atoms with Gasteiger partial charge in [-0.25, -0.2) is 0 Å². The molecule has 4 heteroatoms. The average Bonchev–Trinajstić information content (AvgIpc) is 2.96. The van der Waals surface area contributed by atoms with Crippen molar-refractivity contribution in [2.45, 2.75) is 31.8 Å². The zero-order valence-electron chi connectivity index (χ0n) is 10.6. The van der Waals surface area contributed by atoms with Crippen molar-refractivity contribution in [3.05, 3.63) is 23.8 Å². The summed E-state index contributed by atoms with van der Waals surface area (Å²) in [4.78, 5) is 14.4. The number of anilines is 2. The molecule has 18 heavy (non-hydrogen) atoms. The summed E-state index contributed by atoms with van der Waals surface area (Å²) >= 11 is 0. The second-order valence-electron chi connectivity index (χ2n) is 5.24. The largest absolute Gasteiger partial charge is 0.397 e. The molecule has 1 atom stereocenters. The van der Waals surface area contributed by atoms with Crippen LogP contribution in [0, 0.1) is 0 Å². The fraction of sp³-hybridized carbons (Fsp3) is 0.500. The Balaban J connectivity index is 1.95. The molecule has 1 saturated heterocycles. The average molecular weight is 246 g/mol. The first kappa shape index (κ1) is 11.5. The predicted octanol–water partition coefficient (Wildman–Crippen LogP) is 1.73. The van der Waals surface area contributed by atoms with E-state index < -0.39 is 5.60 Å². The number of carbonyl (C=O) groups is 1. The van der Waals surface area contributed by atoms with Gasteiger partial charge in [-0.15, -0.1) is 0 Å². The van der Waals surface area contributed by atoms with Gasteiger partial charge in [0.15, 0.2) is 0 Å². The zero-order chi connectivity index (χ0) is 12.8. The molecule has 96 valence electrons.